The van der Waals surface area contributed by atoms with Gasteiger partial charge in [0.25, 0.3) is 0 Å². The highest BCUT2D eigenvalue weighted by Crippen LogP contribution is 2.34. The fourth-order valence-electron chi connectivity index (χ4n) is 3.04. The van der Waals surface area contributed by atoms with E-state index in [1.165, 1.54) is 0 Å². The minimum absolute atomic E-state index is 0.0347. The highest BCUT2D eigenvalue weighted by atomic mass is 16.3. The number of fused-ring (bicyclic) bond motifs is 1. The lowest BCUT2D eigenvalue weighted by Gasteiger charge is -2.24. The molecule has 1 aromatic heterocycles. The smallest absolute Gasteiger partial charge is 0.147 e. The molecule has 0 saturated heterocycles. The Hall–Kier alpha value is -2.40. The zero-order valence-corrected chi connectivity index (χ0v) is 16.3. The zero-order valence-electron chi connectivity index (χ0n) is 16.3. The monoisotopic (exact) mass is 352 g/mol. The Bertz CT molecular complexity index is 871. The minimum atomic E-state index is -0.0347. The molecule has 2 aromatic carbocycles. The van der Waals surface area contributed by atoms with E-state index in [0.717, 1.165) is 35.2 Å². The molecule has 26 heavy (non-hydrogen) atoms. The quantitative estimate of drug-likeness (QED) is 0.745. The van der Waals surface area contributed by atoms with Gasteiger partial charge in [0.05, 0.1) is 0 Å². The van der Waals surface area contributed by atoms with Crippen molar-refractivity contribution in [3.8, 4) is 11.4 Å². The van der Waals surface area contributed by atoms with Crippen LogP contribution in [0.2, 0.25) is 0 Å². The minimum Gasteiger partial charge on any atom is -0.505 e. The molecule has 3 aromatic rings. The zero-order chi connectivity index (χ0) is 18.9. The van der Waals surface area contributed by atoms with Gasteiger partial charge < -0.3 is 5.11 Å². The number of rotatable bonds is 5. The van der Waals surface area contributed by atoms with Crippen LogP contribution in [0.15, 0.2) is 36.4 Å². The van der Waals surface area contributed by atoms with Gasteiger partial charge in [-0.2, -0.15) is 0 Å². The van der Waals surface area contributed by atoms with Crippen LogP contribution in [-0.2, 0) is 12.0 Å². The number of aromatic hydroxyl groups is 1. The first kappa shape index (κ1) is 18.4. The van der Waals surface area contributed by atoms with E-state index in [-0.39, 0.29) is 11.2 Å². The molecule has 0 aliphatic heterocycles. The molecule has 5 heteroatoms. The molecule has 1 heterocycles. The van der Waals surface area contributed by atoms with E-state index in [0.29, 0.717) is 12.2 Å². The second-order valence-electron chi connectivity index (χ2n) is 7.69. The van der Waals surface area contributed by atoms with Crippen molar-refractivity contribution in [3.63, 3.8) is 0 Å². The van der Waals surface area contributed by atoms with Crippen molar-refractivity contribution >= 4 is 11.0 Å². The third kappa shape index (κ3) is 3.58. The highest BCUT2D eigenvalue weighted by molar-refractivity contribution is 5.73. The summed E-state index contributed by atoms with van der Waals surface area (Å²) in [6.07, 6.45) is 0. The summed E-state index contributed by atoms with van der Waals surface area (Å²) < 4.78 is 0. The number of hydrogen-bond acceptors (Lipinski definition) is 4. The summed E-state index contributed by atoms with van der Waals surface area (Å²) in [5.41, 5.74) is 4.31. The molecule has 138 valence electrons. The molecule has 0 spiro atoms. The Labute approximate surface area is 155 Å². The maximum Gasteiger partial charge on any atom is 0.147 e. The Morgan fingerprint density at radius 3 is 2.08 bits per heavy atom. The Morgan fingerprint density at radius 2 is 1.58 bits per heavy atom. The predicted molar refractivity (Wildman–Crippen MR) is 106 cm³/mol. The van der Waals surface area contributed by atoms with Crippen molar-refractivity contribution in [3.05, 3.63) is 47.5 Å². The molecule has 0 saturated carbocycles. The fourth-order valence-corrected chi connectivity index (χ4v) is 3.04. The molecule has 0 unspecified atom stereocenters. The summed E-state index contributed by atoms with van der Waals surface area (Å²) >= 11 is 0. The molecule has 0 aliphatic rings. The van der Waals surface area contributed by atoms with E-state index in [2.05, 4.69) is 55.8 Å². The molecule has 0 amide bonds. The van der Waals surface area contributed by atoms with Crippen LogP contribution in [0.5, 0.6) is 5.75 Å². The van der Waals surface area contributed by atoms with Crippen LogP contribution in [0.1, 0.15) is 45.7 Å². The Morgan fingerprint density at radius 1 is 1.00 bits per heavy atom. The van der Waals surface area contributed by atoms with Crippen molar-refractivity contribution in [1.29, 1.82) is 0 Å². The third-order valence-electron chi connectivity index (χ3n) is 4.83. The van der Waals surface area contributed by atoms with E-state index < -0.39 is 0 Å². The van der Waals surface area contributed by atoms with E-state index in [9.17, 15) is 5.11 Å². The summed E-state index contributed by atoms with van der Waals surface area (Å²) in [5.74, 6) is 0.255. The summed E-state index contributed by atoms with van der Waals surface area (Å²) in [6.45, 7) is 13.4. The van der Waals surface area contributed by atoms with Crippen molar-refractivity contribution in [2.75, 3.05) is 13.1 Å². The number of phenolic OH excluding ortho intramolecular Hbond substituents is 1. The fraction of sp³-hybridized carbons (Fsp3) is 0.429. The lowest BCUT2D eigenvalue weighted by molar-refractivity contribution is 0.290. The SMILES string of the molecule is CCN(CC)Cc1cc(C(C)(C)C)cc(-n2nc3ccccc3n2)c1O. The number of phenols is 1. The average molecular weight is 352 g/mol. The summed E-state index contributed by atoms with van der Waals surface area (Å²) in [7, 11) is 0. The molecule has 3 rings (SSSR count). The van der Waals surface area contributed by atoms with Gasteiger partial charge in [0.15, 0.2) is 0 Å². The molecule has 1 N–H and O–H groups in total. The van der Waals surface area contributed by atoms with Crippen LogP contribution in [0.25, 0.3) is 16.7 Å². The van der Waals surface area contributed by atoms with Gasteiger partial charge in [0.2, 0.25) is 0 Å². The lowest BCUT2D eigenvalue weighted by Crippen LogP contribution is -2.23. The largest absolute Gasteiger partial charge is 0.505 e. The van der Waals surface area contributed by atoms with Gasteiger partial charge in [0.1, 0.15) is 22.5 Å². The lowest BCUT2D eigenvalue weighted by atomic mass is 9.85. The number of nitrogens with zero attached hydrogens (tertiary/aromatic N) is 4. The Balaban J connectivity index is 2.16. The van der Waals surface area contributed by atoms with Gasteiger partial charge in [0, 0.05) is 12.1 Å². The molecule has 0 fully saturated rings. The average Bonchev–Trinajstić information content (AvgIpc) is 3.03. The van der Waals surface area contributed by atoms with Gasteiger partial charge in [-0.05, 0) is 42.3 Å². The molecular weight excluding hydrogens is 324 g/mol. The molecule has 5 nitrogen and oxygen atoms in total. The van der Waals surface area contributed by atoms with Crippen molar-refractivity contribution in [1.82, 2.24) is 19.9 Å². The molecule has 0 atom stereocenters. The van der Waals surface area contributed by atoms with Crippen LogP contribution >= 0.6 is 0 Å². The van der Waals surface area contributed by atoms with E-state index in [4.69, 9.17) is 0 Å². The van der Waals surface area contributed by atoms with Gasteiger partial charge >= 0.3 is 0 Å². The van der Waals surface area contributed by atoms with Gasteiger partial charge in [-0.25, -0.2) is 0 Å². The van der Waals surface area contributed by atoms with Crippen LogP contribution in [0, 0.1) is 0 Å². The molecule has 0 radical (unpaired) electrons. The second-order valence-corrected chi connectivity index (χ2v) is 7.69. The van der Waals surface area contributed by atoms with Crippen molar-refractivity contribution < 1.29 is 5.11 Å². The first-order chi connectivity index (χ1) is 12.3. The molecular formula is C21H28N4O. The third-order valence-corrected chi connectivity index (χ3v) is 4.83. The summed E-state index contributed by atoms with van der Waals surface area (Å²) in [6, 6.07) is 11.9. The first-order valence-electron chi connectivity index (χ1n) is 9.24. The van der Waals surface area contributed by atoms with E-state index in [1.54, 1.807) is 4.80 Å². The normalized spacial score (nSPS) is 12.2. The number of hydrogen-bond donors (Lipinski definition) is 1. The summed E-state index contributed by atoms with van der Waals surface area (Å²) in [4.78, 5) is 3.85. The van der Waals surface area contributed by atoms with Crippen LogP contribution in [0.4, 0.5) is 0 Å². The Kier molecular flexibility index (Phi) is 5.01. The predicted octanol–water partition coefficient (Wildman–Crippen LogP) is 4.27. The van der Waals surface area contributed by atoms with Gasteiger partial charge in [-0.3, -0.25) is 4.90 Å². The van der Waals surface area contributed by atoms with Crippen molar-refractivity contribution in [2.45, 2.75) is 46.6 Å². The second kappa shape index (κ2) is 7.08. The summed E-state index contributed by atoms with van der Waals surface area (Å²) in [5, 5.41) is 20.1. The van der Waals surface area contributed by atoms with Gasteiger partial charge in [-0.1, -0.05) is 52.8 Å². The van der Waals surface area contributed by atoms with Crippen LogP contribution in [0.3, 0.4) is 0 Å². The van der Waals surface area contributed by atoms with Crippen molar-refractivity contribution in [2.24, 2.45) is 0 Å². The number of aromatic nitrogens is 3. The van der Waals surface area contributed by atoms with Gasteiger partial charge in [-0.15, -0.1) is 15.0 Å². The standard InChI is InChI=1S/C21H28N4O/c1-6-24(7-2)14-15-12-16(21(3,4)5)13-19(20(15)26)25-22-17-10-8-9-11-18(17)23-25/h8-13,26H,6-7,14H2,1-5H3. The van der Waals surface area contributed by atoms with Crippen LogP contribution in [-0.4, -0.2) is 38.1 Å². The number of benzene rings is 2. The van der Waals surface area contributed by atoms with Crippen LogP contribution < -0.4 is 0 Å². The topological polar surface area (TPSA) is 54.2 Å². The maximum absolute atomic E-state index is 11.0. The molecule has 0 bridgehead atoms. The first-order valence-corrected chi connectivity index (χ1v) is 9.24. The maximum atomic E-state index is 11.0. The van der Waals surface area contributed by atoms with E-state index in [1.807, 2.05) is 30.3 Å². The van der Waals surface area contributed by atoms with E-state index >= 15 is 0 Å². The molecule has 0 aliphatic carbocycles. The highest BCUT2D eigenvalue weighted by Gasteiger charge is 2.21.